The number of carbonyl (C=O) groups is 1. The number of rotatable bonds is 4. The fraction of sp³-hybridized carbons (Fsp3) is 0.750. The minimum atomic E-state index is -0.0831. The minimum absolute atomic E-state index is 0.0831. The van der Waals surface area contributed by atoms with E-state index >= 15 is 0 Å². The minimum Gasteiger partial charge on any atom is -0.493 e. The highest BCUT2D eigenvalue weighted by Crippen LogP contribution is 2.33. The monoisotopic (exact) mass is 291 g/mol. The summed E-state index contributed by atoms with van der Waals surface area (Å²) in [6.45, 7) is 2.68. The zero-order valence-corrected chi connectivity index (χ0v) is 13.0. The average Bonchev–Trinajstić information content (AvgIpc) is 2.96. The summed E-state index contributed by atoms with van der Waals surface area (Å²) in [6.07, 6.45) is 8.88. The van der Waals surface area contributed by atoms with E-state index < -0.39 is 0 Å². The Balaban J connectivity index is 1.77. The Hall–Kier alpha value is -1.36. The van der Waals surface area contributed by atoms with E-state index in [9.17, 15) is 4.79 Å². The Kier molecular flexibility index (Phi) is 4.29. The van der Waals surface area contributed by atoms with Crippen LogP contribution in [0.5, 0.6) is 5.75 Å². The molecule has 1 saturated heterocycles. The second-order valence-electron chi connectivity index (χ2n) is 6.19. The van der Waals surface area contributed by atoms with E-state index in [1.54, 1.807) is 18.0 Å². The van der Waals surface area contributed by atoms with E-state index in [-0.39, 0.29) is 11.8 Å². The zero-order valence-electron chi connectivity index (χ0n) is 13.0. The number of methoxy groups -OCH3 is 1. The standard InChI is InChI=1S/C16H25N3O2/c1-3-19-15(14(21-2)10-17-19)16(20)13-9-8-11-6-4-5-7-12(11)18-13/h10-13,18H,3-9H2,1-2H3. The Morgan fingerprint density at radius 3 is 2.95 bits per heavy atom. The van der Waals surface area contributed by atoms with Crippen LogP contribution in [0.15, 0.2) is 6.20 Å². The first kappa shape index (κ1) is 14.6. The molecule has 0 radical (unpaired) electrons. The topological polar surface area (TPSA) is 56.2 Å². The van der Waals surface area contributed by atoms with Crippen molar-refractivity contribution in [2.75, 3.05) is 7.11 Å². The second kappa shape index (κ2) is 6.18. The summed E-state index contributed by atoms with van der Waals surface area (Å²) >= 11 is 0. The smallest absolute Gasteiger partial charge is 0.201 e. The predicted octanol–water partition coefficient (Wildman–Crippen LogP) is 2.41. The van der Waals surface area contributed by atoms with Gasteiger partial charge in [-0.05, 0) is 38.5 Å². The number of fused-ring (bicyclic) bond motifs is 1. The second-order valence-corrected chi connectivity index (χ2v) is 6.19. The van der Waals surface area contributed by atoms with Gasteiger partial charge in [-0.2, -0.15) is 5.10 Å². The van der Waals surface area contributed by atoms with Gasteiger partial charge in [0, 0.05) is 12.6 Å². The van der Waals surface area contributed by atoms with Crippen LogP contribution in [0, 0.1) is 5.92 Å². The molecule has 2 aliphatic rings. The molecule has 0 spiro atoms. The van der Waals surface area contributed by atoms with Gasteiger partial charge in [-0.1, -0.05) is 12.8 Å². The van der Waals surface area contributed by atoms with Crippen LogP contribution in [-0.2, 0) is 6.54 Å². The number of ketones is 1. The summed E-state index contributed by atoms with van der Waals surface area (Å²) in [5.41, 5.74) is 0.617. The van der Waals surface area contributed by atoms with Gasteiger partial charge in [-0.3, -0.25) is 9.48 Å². The van der Waals surface area contributed by atoms with Crippen molar-refractivity contribution >= 4 is 5.78 Å². The molecule has 3 unspecified atom stereocenters. The molecular weight excluding hydrogens is 266 g/mol. The van der Waals surface area contributed by atoms with Crippen molar-refractivity contribution in [1.29, 1.82) is 0 Å². The first-order valence-corrected chi connectivity index (χ1v) is 8.14. The van der Waals surface area contributed by atoms with Crippen LogP contribution < -0.4 is 10.1 Å². The van der Waals surface area contributed by atoms with Crippen LogP contribution in [0.4, 0.5) is 0 Å². The number of piperidine rings is 1. The maximum atomic E-state index is 12.9. The lowest BCUT2D eigenvalue weighted by molar-refractivity contribution is 0.0847. The van der Waals surface area contributed by atoms with Crippen molar-refractivity contribution in [3.05, 3.63) is 11.9 Å². The summed E-state index contributed by atoms with van der Waals surface area (Å²) in [5, 5.41) is 7.85. The van der Waals surface area contributed by atoms with Gasteiger partial charge in [-0.15, -0.1) is 0 Å². The number of hydrogen-bond acceptors (Lipinski definition) is 4. The molecule has 2 heterocycles. The van der Waals surface area contributed by atoms with Crippen LogP contribution in [0.25, 0.3) is 0 Å². The number of nitrogens with zero attached hydrogens (tertiary/aromatic N) is 2. The first-order valence-electron chi connectivity index (χ1n) is 8.14. The van der Waals surface area contributed by atoms with Crippen molar-refractivity contribution in [3.8, 4) is 5.75 Å². The molecule has 3 rings (SSSR count). The van der Waals surface area contributed by atoms with Gasteiger partial charge in [0.05, 0.1) is 19.3 Å². The van der Waals surface area contributed by atoms with Crippen LogP contribution >= 0.6 is 0 Å². The highest BCUT2D eigenvalue weighted by molar-refractivity contribution is 6.01. The molecular formula is C16H25N3O2. The van der Waals surface area contributed by atoms with Crippen molar-refractivity contribution < 1.29 is 9.53 Å². The molecule has 2 fully saturated rings. The largest absolute Gasteiger partial charge is 0.493 e. The van der Waals surface area contributed by atoms with Gasteiger partial charge in [0.15, 0.2) is 5.75 Å². The highest BCUT2D eigenvalue weighted by Gasteiger charge is 2.36. The van der Waals surface area contributed by atoms with Gasteiger partial charge in [0.1, 0.15) is 5.69 Å². The fourth-order valence-electron chi connectivity index (χ4n) is 3.87. The summed E-state index contributed by atoms with van der Waals surface area (Å²) in [4.78, 5) is 12.9. The quantitative estimate of drug-likeness (QED) is 0.866. The Labute approximate surface area is 126 Å². The number of nitrogens with one attached hydrogen (secondary N) is 1. The van der Waals surface area contributed by atoms with Gasteiger partial charge >= 0.3 is 0 Å². The predicted molar refractivity (Wildman–Crippen MR) is 80.7 cm³/mol. The lowest BCUT2D eigenvalue weighted by Crippen LogP contribution is -2.52. The number of carbonyl (C=O) groups excluding carboxylic acids is 1. The molecule has 21 heavy (non-hydrogen) atoms. The lowest BCUT2D eigenvalue weighted by Gasteiger charge is -2.40. The summed E-state index contributed by atoms with van der Waals surface area (Å²) in [6, 6.07) is 0.436. The van der Waals surface area contributed by atoms with E-state index in [1.165, 1.54) is 25.7 Å². The van der Waals surface area contributed by atoms with Crippen molar-refractivity contribution in [3.63, 3.8) is 0 Å². The normalized spacial score (nSPS) is 29.0. The fourth-order valence-corrected chi connectivity index (χ4v) is 3.87. The molecule has 3 atom stereocenters. The summed E-state index contributed by atoms with van der Waals surface area (Å²) in [7, 11) is 1.60. The van der Waals surface area contributed by atoms with Crippen LogP contribution in [-0.4, -0.2) is 34.8 Å². The molecule has 5 heteroatoms. The molecule has 1 aromatic rings. The number of hydrogen-bond donors (Lipinski definition) is 1. The maximum Gasteiger partial charge on any atom is 0.201 e. The summed E-state index contributed by atoms with van der Waals surface area (Å²) < 4.78 is 7.06. The van der Waals surface area contributed by atoms with E-state index in [0.29, 0.717) is 24.0 Å². The Morgan fingerprint density at radius 1 is 1.38 bits per heavy atom. The van der Waals surface area contributed by atoms with Gasteiger partial charge in [0.2, 0.25) is 5.78 Å². The molecule has 1 aliphatic carbocycles. The van der Waals surface area contributed by atoms with E-state index in [2.05, 4.69) is 10.4 Å². The molecule has 0 bridgehead atoms. The Morgan fingerprint density at radius 2 is 2.19 bits per heavy atom. The van der Waals surface area contributed by atoms with E-state index in [0.717, 1.165) is 18.8 Å². The molecule has 1 aliphatic heterocycles. The van der Waals surface area contributed by atoms with Crippen LogP contribution in [0.2, 0.25) is 0 Å². The van der Waals surface area contributed by atoms with Crippen molar-refractivity contribution in [2.24, 2.45) is 5.92 Å². The third-order valence-corrected chi connectivity index (χ3v) is 5.03. The molecule has 0 amide bonds. The zero-order chi connectivity index (χ0) is 14.8. The molecule has 5 nitrogen and oxygen atoms in total. The number of aryl methyl sites for hydroxylation is 1. The maximum absolute atomic E-state index is 12.9. The number of aromatic nitrogens is 2. The highest BCUT2D eigenvalue weighted by atomic mass is 16.5. The van der Waals surface area contributed by atoms with E-state index in [1.807, 2.05) is 6.92 Å². The molecule has 1 aromatic heterocycles. The van der Waals surface area contributed by atoms with Crippen LogP contribution in [0.3, 0.4) is 0 Å². The van der Waals surface area contributed by atoms with Gasteiger partial charge < -0.3 is 10.1 Å². The average molecular weight is 291 g/mol. The molecule has 0 aromatic carbocycles. The molecule has 116 valence electrons. The third-order valence-electron chi connectivity index (χ3n) is 5.03. The van der Waals surface area contributed by atoms with Gasteiger partial charge in [-0.25, -0.2) is 0 Å². The SMILES string of the molecule is CCn1ncc(OC)c1C(=O)C1CCC2CCCCC2N1. The molecule has 1 N–H and O–H groups in total. The lowest BCUT2D eigenvalue weighted by atomic mass is 9.77. The van der Waals surface area contributed by atoms with E-state index in [4.69, 9.17) is 4.74 Å². The number of Topliss-reactive ketones (excluding diaryl/α,β-unsaturated/α-hetero) is 1. The van der Waals surface area contributed by atoms with Crippen molar-refractivity contribution in [2.45, 2.75) is 64.1 Å². The summed E-state index contributed by atoms with van der Waals surface area (Å²) in [5.74, 6) is 1.49. The van der Waals surface area contributed by atoms with Crippen molar-refractivity contribution in [1.82, 2.24) is 15.1 Å². The molecule has 1 saturated carbocycles. The third kappa shape index (κ3) is 2.71. The first-order chi connectivity index (χ1) is 10.2. The Bertz CT molecular complexity index is 490. The number of ether oxygens (including phenoxy) is 1. The van der Waals surface area contributed by atoms with Gasteiger partial charge in [0.25, 0.3) is 0 Å². The van der Waals surface area contributed by atoms with Crippen LogP contribution in [0.1, 0.15) is 55.9 Å².